The fourth-order valence-corrected chi connectivity index (χ4v) is 1.63. The number of thiophene rings is 1. The number of hydrogen-bond acceptors (Lipinski definition) is 3. The van der Waals surface area contributed by atoms with E-state index in [1.165, 1.54) is 6.07 Å². The molecule has 4 nitrogen and oxygen atoms in total. The van der Waals surface area contributed by atoms with Crippen molar-refractivity contribution in [1.29, 1.82) is 0 Å². The zero-order valence-electron chi connectivity index (χ0n) is 7.11. The largest absolute Gasteiger partial charge is 0.478 e. The van der Waals surface area contributed by atoms with Crippen molar-refractivity contribution in [3.05, 3.63) is 17.0 Å². The van der Waals surface area contributed by atoms with Crippen LogP contribution in [0, 0.1) is 12.3 Å². The number of anilines is 1. The van der Waals surface area contributed by atoms with Crippen molar-refractivity contribution < 1.29 is 14.7 Å². The number of rotatable bonds is 3. The number of carbonyl (C=O) groups excluding carboxylic acids is 1. The fourth-order valence-electron chi connectivity index (χ4n) is 0.838. The van der Waals surface area contributed by atoms with Crippen molar-refractivity contribution in [2.45, 2.75) is 6.42 Å². The number of carboxylic acids is 1. The highest BCUT2D eigenvalue weighted by Gasteiger charge is 2.12. The molecule has 0 aliphatic rings. The smallest absolute Gasteiger partial charge is 0.338 e. The van der Waals surface area contributed by atoms with Crippen LogP contribution in [0.4, 0.5) is 5.00 Å². The summed E-state index contributed by atoms with van der Waals surface area (Å²) in [6.07, 6.45) is 4.87. The predicted octanol–water partition coefficient (Wildman–Crippen LogP) is 1.41. The van der Waals surface area contributed by atoms with Crippen LogP contribution >= 0.6 is 11.3 Å². The van der Waals surface area contributed by atoms with Crippen LogP contribution in [0.5, 0.6) is 0 Å². The minimum atomic E-state index is -1.07. The molecule has 1 amide bonds. The molecule has 14 heavy (non-hydrogen) atoms. The third-order valence-corrected chi connectivity index (χ3v) is 2.24. The van der Waals surface area contributed by atoms with Crippen molar-refractivity contribution in [2.24, 2.45) is 0 Å². The van der Waals surface area contributed by atoms with Crippen LogP contribution in [-0.2, 0) is 4.79 Å². The monoisotopic (exact) mass is 209 g/mol. The molecule has 0 saturated heterocycles. The Balaban J connectivity index is 2.77. The van der Waals surface area contributed by atoms with Gasteiger partial charge in [-0.15, -0.1) is 17.8 Å². The van der Waals surface area contributed by atoms with E-state index in [2.05, 4.69) is 11.2 Å². The van der Waals surface area contributed by atoms with Gasteiger partial charge >= 0.3 is 5.97 Å². The molecule has 2 N–H and O–H groups in total. The lowest BCUT2D eigenvalue weighted by atomic mass is 10.3. The number of amides is 1. The molecule has 72 valence electrons. The van der Waals surface area contributed by atoms with E-state index in [1.54, 1.807) is 5.38 Å². The maximum atomic E-state index is 11.0. The molecular formula is C9H7NO3S. The SMILES string of the molecule is C#CCC(=O)Nc1sccc1C(=O)O. The summed E-state index contributed by atoms with van der Waals surface area (Å²) in [4.78, 5) is 21.7. The van der Waals surface area contributed by atoms with Gasteiger partial charge in [0.1, 0.15) is 5.00 Å². The highest BCUT2D eigenvalue weighted by molar-refractivity contribution is 7.14. The normalized spacial score (nSPS) is 9.07. The van der Waals surface area contributed by atoms with E-state index < -0.39 is 5.97 Å². The van der Waals surface area contributed by atoms with Crippen LogP contribution < -0.4 is 5.32 Å². The van der Waals surface area contributed by atoms with Gasteiger partial charge in [-0.25, -0.2) is 4.79 Å². The Bertz CT molecular complexity index is 402. The van der Waals surface area contributed by atoms with Crippen molar-refractivity contribution in [1.82, 2.24) is 0 Å². The van der Waals surface area contributed by atoms with Crippen LogP contribution in [0.25, 0.3) is 0 Å². The van der Waals surface area contributed by atoms with Crippen molar-refractivity contribution in [3.63, 3.8) is 0 Å². The van der Waals surface area contributed by atoms with Gasteiger partial charge in [0.15, 0.2) is 0 Å². The van der Waals surface area contributed by atoms with Gasteiger partial charge in [-0.3, -0.25) is 4.79 Å². The summed E-state index contributed by atoms with van der Waals surface area (Å²) in [6.45, 7) is 0. The summed E-state index contributed by atoms with van der Waals surface area (Å²) in [5, 5.41) is 13.1. The number of carboxylic acid groups (broad SMARTS) is 1. The van der Waals surface area contributed by atoms with Crippen molar-refractivity contribution in [2.75, 3.05) is 5.32 Å². The van der Waals surface area contributed by atoms with Crippen molar-refractivity contribution >= 4 is 28.2 Å². The Kier molecular flexibility index (Phi) is 3.26. The molecule has 1 rings (SSSR count). The Morgan fingerprint density at radius 2 is 2.36 bits per heavy atom. The van der Waals surface area contributed by atoms with Crippen molar-refractivity contribution in [3.8, 4) is 12.3 Å². The Labute approximate surface area is 84.6 Å². The molecule has 0 bridgehead atoms. The summed E-state index contributed by atoms with van der Waals surface area (Å²) in [5.41, 5.74) is 0.0837. The molecule has 0 radical (unpaired) electrons. The number of aromatic carboxylic acids is 1. The molecule has 0 unspecified atom stereocenters. The molecule has 0 aliphatic heterocycles. The number of hydrogen-bond donors (Lipinski definition) is 2. The standard InChI is InChI=1S/C9H7NO3S/c1-2-3-7(11)10-8-6(9(12)13)4-5-14-8/h1,4-5H,3H2,(H,10,11)(H,12,13). The molecule has 0 fully saturated rings. The molecule has 0 aliphatic carbocycles. The molecule has 1 aromatic rings. The molecular weight excluding hydrogens is 202 g/mol. The van der Waals surface area contributed by atoms with E-state index in [4.69, 9.17) is 11.5 Å². The second-order valence-electron chi connectivity index (χ2n) is 2.40. The van der Waals surface area contributed by atoms with E-state index in [9.17, 15) is 9.59 Å². The zero-order valence-corrected chi connectivity index (χ0v) is 7.93. The van der Waals surface area contributed by atoms with E-state index in [0.717, 1.165) is 11.3 Å². The third-order valence-electron chi connectivity index (χ3n) is 1.41. The van der Waals surface area contributed by atoms with E-state index in [0.29, 0.717) is 5.00 Å². The third kappa shape index (κ3) is 2.34. The fraction of sp³-hybridized carbons (Fsp3) is 0.111. The van der Waals surface area contributed by atoms with Gasteiger partial charge in [-0.2, -0.15) is 0 Å². The topological polar surface area (TPSA) is 66.4 Å². The number of nitrogens with one attached hydrogen (secondary N) is 1. The lowest BCUT2D eigenvalue weighted by Gasteiger charge is -2.00. The van der Waals surface area contributed by atoms with Crippen LogP contribution in [0.3, 0.4) is 0 Å². The van der Waals surface area contributed by atoms with Gasteiger partial charge in [0.25, 0.3) is 0 Å². The number of terminal acetylenes is 1. The quantitative estimate of drug-likeness (QED) is 0.739. The summed E-state index contributed by atoms with van der Waals surface area (Å²) < 4.78 is 0. The van der Waals surface area contributed by atoms with Gasteiger partial charge in [0.2, 0.25) is 5.91 Å². The van der Waals surface area contributed by atoms with Gasteiger partial charge in [0, 0.05) is 0 Å². The summed E-state index contributed by atoms with van der Waals surface area (Å²) >= 11 is 1.15. The van der Waals surface area contributed by atoms with E-state index >= 15 is 0 Å². The molecule has 0 atom stereocenters. The first-order valence-corrected chi connectivity index (χ1v) is 4.57. The lowest BCUT2D eigenvalue weighted by Crippen LogP contribution is -2.11. The average Bonchev–Trinajstić information content (AvgIpc) is 2.52. The summed E-state index contributed by atoms with van der Waals surface area (Å²) in [5.74, 6) is 0.729. The van der Waals surface area contributed by atoms with Gasteiger partial charge in [0.05, 0.1) is 12.0 Å². The van der Waals surface area contributed by atoms with Crippen LogP contribution in [0.2, 0.25) is 0 Å². The van der Waals surface area contributed by atoms with Gasteiger partial charge in [-0.05, 0) is 11.4 Å². The Morgan fingerprint density at radius 3 is 2.93 bits per heavy atom. The Morgan fingerprint density at radius 1 is 1.64 bits per heavy atom. The average molecular weight is 209 g/mol. The zero-order chi connectivity index (χ0) is 10.6. The molecule has 5 heteroatoms. The van der Waals surface area contributed by atoms with E-state index in [1.807, 2.05) is 0 Å². The predicted molar refractivity (Wildman–Crippen MR) is 53.4 cm³/mol. The first-order chi connectivity index (χ1) is 6.65. The highest BCUT2D eigenvalue weighted by Crippen LogP contribution is 2.22. The first-order valence-electron chi connectivity index (χ1n) is 3.69. The van der Waals surface area contributed by atoms with Gasteiger partial charge in [-0.1, -0.05) is 5.92 Å². The second kappa shape index (κ2) is 4.44. The summed E-state index contributed by atoms with van der Waals surface area (Å²) in [6, 6.07) is 1.43. The van der Waals surface area contributed by atoms with E-state index in [-0.39, 0.29) is 17.9 Å². The van der Waals surface area contributed by atoms with Crippen LogP contribution in [0.15, 0.2) is 11.4 Å². The summed E-state index contributed by atoms with van der Waals surface area (Å²) in [7, 11) is 0. The Hall–Kier alpha value is -1.80. The molecule has 0 aromatic carbocycles. The molecule has 0 saturated carbocycles. The molecule has 0 spiro atoms. The van der Waals surface area contributed by atoms with Gasteiger partial charge < -0.3 is 10.4 Å². The lowest BCUT2D eigenvalue weighted by molar-refractivity contribution is -0.115. The minimum Gasteiger partial charge on any atom is -0.478 e. The highest BCUT2D eigenvalue weighted by atomic mass is 32.1. The van der Waals surface area contributed by atoms with Crippen LogP contribution in [0.1, 0.15) is 16.8 Å². The number of carbonyl (C=O) groups is 2. The van der Waals surface area contributed by atoms with Crippen LogP contribution in [-0.4, -0.2) is 17.0 Å². The molecule has 1 aromatic heterocycles. The second-order valence-corrected chi connectivity index (χ2v) is 3.31. The minimum absolute atomic E-state index is 0.0586. The maximum absolute atomic E-state index is 11.0. The maximum Gasteiger partial charge on any atom is 0.338 e. The molecule has 1 heterocycles. The first kappa shape index (κ1) is 10.3.